The van der Waals surface area contributed by atoms with Crippen LogP contribution in [0, 0.1) is 11.8 Å². The molecule has 3 aromatic rings. The molecule has 2 aliphatic rings. The number of fused-ring (bicyclic) bond motifs is 1. The molecule has 35 heavy (non-hydrogen) atoms. The lowest BCUT2D eigenvalue weighted by atomic mass is 9.95. The van der Waals surface area contributed by atoms with Gasteiger partial charge in [0.25, 0.3) is 5.91 Å². The monoisotopic (exact) mass is 497 g/mol. The van der Waals surface area contributed by atoms with Crippen LogP contribution >= 0.6 is 11.6 Å². The van der Waals surface area contributed by atoms with Crippen molar-refractivity contribution >= 4 is 23.6 Å². The Bertz CT molecular complexity index is 1280. The fraction of sp³-hybridized carbons (Fsp3) is 0.391. The summed E-state index contributed by atoms with van der Waals surface area (Å²) in [6.45, 7) is 4.60. The SMILES string of the molecule is Cn1nc(-c2ncccn2)cc1C(=O)N1C[C@@H]2[C@H](C1)[C@@H]2Oc1cc(C(C)(C)NC(=O)O)cc(Cl)n1. The fourth-order valence-corrected chi connectivity index (χ4v) is 4.76. The van der Waals surface area contributed by atoms with Gasteiger partial charge >= 0.3 is 6.09 Å². The maximum Gasteiger partial charge on any atom is 0.405 e. The largest absolute Gasteiger partial charge is 0.474 e. The molecule has 2 fully saturated rings. The van der Waals surface area contributed by atoms with Crippen LogP contribution in [0.5, 0.6) is 5.88 Å². The van der Waals surface area contributed by atoms with Gasteiger partial charge in [0.15, 0.2) is 5.82 Å². The van der Waals surface area contributed by atoms with Gasteiger partial charge in [-0.25, -0.2) is 19.7 Å². The summed E-state index contributed by atoms with van der Waals surface area (Å²) < 4.78 is 7.64. The number of likely N-dealkylation sites (tertiary alicyclic amines) is 1. The van der Waals surface area contributed by atoms with Crippen molar-refractivity contribution in [2.45, 2.75) is 25.5 Å². The van der Waals surface area contributed by atoms with Gasteiger partial charge in [0.05, 0.1) is 5.54 Å². The third-order valence-corrected chi connectivity index (χ3v) is 6.66. The number of nitrogens with one attached hydrogen (secondary N) is 1. The van der Waals surface area contributed by atoms with Crippen molar-refractivity contribution < 1.29 is 19.4 Å². The number of rotatable bonds is 6. The lowest BCUT2D eigenvalue weighted by Gasteiger charge is -2.26. The molecule has 1 saturated carbocycles. The van der Waals surface area contributed by atoms with Crippen LogP contribution in [0.3, 0.4) is 0 Å². The predicted octanol–water partition coefficient (Wildman–Crippen LogP) is 2.58. The van der Waals surface area contributed by atoms with E-state index in [0.717, 1.165) is 0 Å². The minimum atomic E-state index is -1.14. The smallest absolute Gasteiger partial charge is 0.405 e. The van der Waals surface area contributed by atoms with Crippen LogP contribution in [0.2, 0.25) is 5.15 Å². The number of amides is 2. The molecular formula is C23H24ClN7O4. The number of carboxylic acid groups (broad SMARTS) is 1. The first-order valence-electron chi connectivity index (χ1n) is 11.1. The zero-order valence-electron chi connectivity index (χ0n) is 19.3. The molecule has 11 nitrogen and oxygen atoms in total. The van der Waals surface area contributed by atoms with E-state index < -0.39 is 11.6 Å². The summed E-state index contributed by atoms with van der Waals surface area (Å²) in [4.78, 5) is 38.7. The third-order valence-electron chi connectivity index (χ3n) is 6.46. The van der Waals surface area contributed by atoms with E-state index >= 15 is 0 Å². The Labute approximate surface area is 206 Å². The second-order valence-corrected chi connectivity index (χ2v) is 9.69. The molecule has 0 spiro atoms. The topological polar surface area (TPSA) is 135 Å². The van der Waals surface area contributed by atoms with Crippen LogP contribution < -0.4 is 10.1 Å². The van der Waals surface area contributed by atoms with E-state index in [4.69, 9.17) is 21.4 Å². The molecule has 1 aliphatic heterocycles. The zero-order chi connectivity index (χ0) is 24.9. The number of hydrogen-bond donors (Lipinski definition) is 2. The molecule has 0 aromatic carbocycles. The molecule has 0 bridgehead atoms. The van der Waals surface area contributed by atoms with Crippen molar-refractivity contribution in [2.75, 3.05) is 13.1 Å². The molecule has 3 atom stereocenters. The highest BCUT2D eigenvalue weighted by Crippen LogP contribution is 2.48. The van der Waals surface area contributed by atoms with Crippen molar-refractivity contribution in [2.24, 2.45) is 18.9 Å². The van der Waals surface area contributed by atoms with Crippen LogP contribution in [0.25, 0.3) is 11.5 Å². The molecule has 1 saturated heterocycles. The van der Waals surface area contributed by atoms with E-state index in [1.54, 1.807) is 67.1 Å². The van der Waals surface area contributed by atoms with E-state index in [-0.39, 0.29) is 29.0 Å². The van der Waals surface area contributed by atoms with E-state index in [1.807, 2.05) is 0 Å². The van der Waals surface area contributed by atoms with E-state index in [9.17, 15) is 9.59 Å². The minimum Gasteiger partial charge on any atom is -0.474 e. The number of pyridine rings is 1. The summed E-state index contributed by atoms with van der Waals surface area (Å²) >= 11 is 6.17. The van der Waals surface area contributed by atoms with Crippen LogP contribution in [-0.2, 0) is 12.6 Å². The van der Waals surface area contributed by atoms with Crippen LogP contribution in [0.1, 0.15) is 29.9 Å². The van der Waals surface area contributed by atoms with Gasteiger partial charge < -0.3 is 20.1 Å². The number of halogens is 1. The van der Waals surface area contributed by atoms with E-state index in [1.165, 1.54) is 0 Å². The van der Waals surface area contributed by atoms with Gasteiger partial charge in [0.2, 0.25) is 5.88 Å². The maximum absolute atomic E-state index is 13.1. The molecule has 12 heteroatoms. The summed E-state index contributed by atoms with van der Waals surface area (Å²) in [6.07, 6.45) is 2.05. The number of piperidine rings is 1. The summed E-state index contributed by atoms with van der Waals surface area (Å²) in [7, 11) is 1.73. The van der Waals surface area contributed by atoms with Gasteiger partial charge in [-0.15, -0.1) is 0 Å². The van der Waals surface area contributed by atoms with Crippen molar-refractivity contribution in [3.63, 3.8) is 0 Å². The first-order chi connectivity index (χ1) is 16.6. The molecule has 5 rings (SSSR count). The molecule has 0 radical (unpaired) electrons. The number of carbonyl (C=O) groups is 2. The zero-order valence-corrected chi connectivity index (χ0v) is 20.1. The number of ether oxygens (including phenoxy) is 1. The number of carbonyl (C=O) groups excluding carboxylic acids is 1. The van der Waals surface area contributed by atoms with Gasteiger partial charge in [-0.05, 0) is 31.5 Å². The summed E-state index contributed by atoms with van der Waals surface area (Å²) in [5.41, 5.74) is 0.795. The first kappa shape index (κ1) is 23.0. The molecule has 2 N–H and O–H groups in total. The lowest BCUT2D eigenvalue weighted by molar-refractivity contribution is 0.0740. The number of hydrogen-bond acceptors (Lipinski definition) is 7. The highest BCUT2D eigenvalue weighted by atomic mass is 35.5. The average Bonchev–Trinajstić information content (AvgIpc) is 3.14. The maximum atomic E-state index is 13.1. The van der Waals surface area contributed by atoms with Crippen LogP contribution in [-0.4, -0.2) is 65.9 Å². The normalized spacial score (nSPS) is 20.9. The Balaban J connectivity index is 1.23. The predicted molar refractivity (Wildman–Crippen MR) is 125 cm³/mol. The highest BCUT2D eigenvalue weighted by Gasteiger charge is 2.59. The Morgan fingerprint density at radius 1 is 1.17 bits per heavy atom. The number of aryl methyl sites for hydroxylation is 1. The average molecular weight is 498 g/mol. The van der Waals surface area contributed by atoms with E-state index in [2.05, 4.69) is 25.4 Å². The Hall–Kier alpha value is -3.73. The van der Waals surface area contributed by atoms with Crippen molar-refractivity contribution in [1.29, 1.82) is 0 Å². The summed E-state index contributed by atoms with van der Waals surface area (Å²) in [6, 6.07) is 6.74. The van der Waals surface area contributed by atoms with Crippen molar-refractivity contribution in [3.05, 3.63) is 53.1 Å². The van der Waals surface area contributed by atoms with Crippen LogP contribution in [0.15, 0.2) is 36.7 Å². The quantitative estimate of drug-likeness (QED) is 0.496. The first-order valence-corrected chi connectivity index (χ1v) is 11.5. The molecular weight excluding hydrogens is 474 g/mol. The van der Waals surface area contributed by atoms with Crippen LogP contribution in [0.4, 0.5) is 4.79 Å². The molecule has 182 valence electrons. The third kappa shape index (κ3) is 4.51. The van der Waals surface area contributed by atoms with E-state index in [0.29, 0.717) is 41.7 Å². The fourth-order valence-electron chi connectivity index (χ4n) is 4.56. The molecule has 0 unspecified atom stereocenters. The second-order valence-electron chi connectivity index (χ2n) is 9.30. The molecule has 2 amide bonds. The van der Waals surface area contributed by atoms with Crippen molar-refractivity contribution in [3.8, 4) is 17.4 Å². The summed E-state index contributed by atoms with van der Waals surface area (Å²) in [5, 5.41) is 16.2. The Morgan fingerprint density at radius 2 is 1.86 bits per heavy atom. The Kier molecular flexibility index (Phi) is 5.59. The van der Waals surface area contributed by atoms with Gasteiger partial charge in [0.1, 0.15) is 22.6 Å². The van der Waals surface area contributed by atoms with Crippen molar-refractivity contribution in [1.82, 2.24) is 34.9 Å². The standard InChI is InChI=1S/C23H24ClN7O4/c1-23(2,28-22(33)34)12-7-17(24)27-18(8-12)35-19-13-10-31(11-14(13)19)21(32)16-9-15(29-30(16)3)20-25-5-4-6-26-20/h4-9,13-14,19,28H,10-11H2,1-3H3,(H,33,34)/t13-,14+,19-. The molecule has 1 aliphatic carbocycles. The Morgan fingerprint density at radius 3 is 2.51 bits per heavy atom. The van der Waals surface area contributed by atoms with Gasteiger partial charge in [0, 0.05) is 56.5 Å². The van der Waals surface area contributed by atoms with Gasteiger partial charge in [-0.1, -0.05) is 11.6 Å². The number of aromatic nitrogens is 5. The molecule has 4 heterocycles. The van der Waals surface area contributed by atoms with Gasteiger partial charge in [-0.3, -0.25) is 9.48 Å². The minimum absolute atomic E-state index is 0.0757. The van der Waals surface area contributed by atoms with Gasteiger partial charge in [-0.2, -0.15) is 5.10 Å². The highest BCUT2D eigenvalue weighted by molar-refractivity contribution is 6.29. The summed E-state index contributed by atoms with van der Waals surface area (Å²) in [5.74, 6) is 1.09. The molecule has 3 aromatic heterocycles. The number of nitrogens with zero attached hydrogens (tertiary/aromatic N) is 6. The second kappa shape index (κ2) is 8.49. The lowest BCUT2D eigenvalue weighted by Crippen LogP contribution is -2.40.